The molecule has 0 aliphatic heterocycles. The summed E-state index contributed by atoms with van der Waals surface area (Å²) in [6, 6.07) is 7.53. The number of hydrogen-bond donors (Lipinski definition) is 0. The fourth-order valence-corrected chi connectivity index (χ4v) is 1.27. The van der Waals surface area contributed by atoms with Crippen LogP contribution in [0.4, 0.5) is 5.69 Å². The van der Waals surface area contributed by atoms with Crippen molar-refractivity contribution < 1.29 is 9.53 Å². The number of ether oxygens (including phenoxy) is 1. The topological polar surface area (TPSA) is 29.5 Å². The second-order valence-corrected chi connectivity index (χ2v) is 2.79. The third kappa shape index (κ3) is 2.25. The molecule has 0 saturated carbocycles. The molecule has 0 unspecified atom stereocenters. The third-order valence-corrected chi connectivity index (χ3v) is 1.94. The van der Waals surface area contributed by atoms with E-state index in [2.05, 4.69) is 0 Å². The maximum absolute atomic E-state index is 10.8. The smallest absolute Gasteiger partial charge is 0.214 e. The summed E-state index contributed by atoms with van der Waals surface area (Å²) in [5.74, 6) is 0.754. The number of para-hydroxylation sites is 2. The van der Waals surface area contributed by atoms with Crippen molar-refractivity contribution in [2.75, 3.05) is 18.1 Å². The summed E-state index contributed by atoms with van der Waals surface area (Å²) in [5, 5.41) is 0. The van der Waals surface area contributed by atoms with E-state index in [1.165, 1.54) is 0 Å². The van der Waals surface area contributed by atoms with Gasteiger partial charge in [0.15, 0.2) is 0 Å². The van der Waals surface area contributed by atoms with Crippen molar-refractivity contribution in [3.8, 4) is 5.75 Å². The zero-order valence-corrected chi connectivity index (χ0v) is 8.56. The van der Waals surface area contributed by atoms with E-state index >= 15 is 0 Å². The van der Waals surface area contributed by atoms with Crippen molar-refractivity contribution in [3.63, 3.8) is 0 Å². The molecule has 76 valence electrons. The van der Waals surface area contributed by atoms with Gasteiger partial charge in [0, 0.05) is 6.54 Å². The predicted molar refractivity (Wildman–Crippen MR) is 56.7 cm³/mol. The van der Waals surface area contributed by atoms with Gasteiger partial charge in [0.25, 0.3) is 0 Å². The molecule has 0 spiro atoms. The lowest BCUT2D eigenvalue weighted by atomic mass is 10.2. The normalized spacial score (nSPS) is 9.57. The highest BCUT2D eigenvalue weighted by Gasteiger charge is 2.08. The maximum Gasteiger partial charge on any atom is 0.214 e. The first kappa shape index (κ1) is 10.6. The average molecular weight is 193 g/mol. The van der Waals surface area contributed by atoms with E-state index in [1.807, 2.05) is 38.1 Å². The summed E-state index contributed by atoms with van der Waals surface area (Å²) in [7, 11) is 0. The minimum Gasteiger partial charge on any atom is -0.492 e. The number of carbonyl (C=O) groups is 1. The molecule has 0 N–H and O–H groups in total. The monoisotopic (exact) mass is 193 g/mol. The molecule has 0 aliphatic carbocycles. The van der Waals surface area contributed by atoms with Gasteiger partial charge in [-0.25, -0.2) is 0 Å². The van der Waals surface area contributed by atoms with E-state index < -0.39 is 0 Å². The number of nitrogens with zero attached hydrogens (tertiary/aromatic N) is 1. The van der Waals surface area contributed by atoms with E-state index in [0.717, 1.165) is 17.8 Å². The molecule has 0 radical (unpaired) electrons. The van der Waals surface area contributed by atoms with Crippen LogP contribution < -0.4 is 9.64 Å². The molecule has 0 fully saturated rings. The van der Waals surface area contributed by atoms with Gasteiger partial charge in [0.05, 0.1) is 12.3 Å². The molecular weight excluding hydrogens is 178 g/mol. The van der Waals surface area contributed by atoms with Crippen LogP contribution in [0.5, 0.6) is 5.75 Å². The highest BCUT2D eigenvalue weighted by Crippen LogP contribution is 2.26. The lowest BCUT2D eigenvalue weighted by Gasteiger charge is -2.18. The first-order chi connectivity index (χ1) is 6.83. The summed E-state index contributed by atoms with van der Waals surface area (Å²) in [6.07, 6.45) is 0.817. The van der Waals surface area contributed by atoms with E-state index in [0.29, 0.717) is 13.2 Å². The summed E-state index contributed by atoms with van der Waals surface area (Å²) in [6.45, 7) is 5.10. The minimum absolute atomic E-state index is 0.605. The van der Waals surface area contributed by atoms with Crippen molar-refractivity contribution in [1.29, 1.82) is 0 Å². The molecule has 0 aromatic heterocycles. The van der Waals surface area contributed by atoms with Gasteiger partial charge >= 0.3 is 0 Å². The van der Waals surface area contributed by atoms with Crippen LogP contribution >= 0.6 is 0 Å². The largest absolute Gasteiger partial charge is 0.492 e. The van der Waals surface area contributed by atoms with Crippen LogP contribution in [0.3, 0.4) is 0 Å². The van der Waals surface area contributed by atoms with Gasteiger partial charge in [-0.15, -0.1) is 0 Å². The number of benzene rings is 1. The van der Waals surface area contributed by atoms with Crippen LogP contribution in [-0.4, -0.2) is 19.6 Å². The Morgan fingerprint density at radius 2 is 2.07 bits per heavy atom. The molecule has 0 atom stereocenters. The molecule has 3 heteroatoms. The van der Waals surface area contributed by atoms with E-state index in [1.54, 1.807) is 4.90 Å². The zero-order chi connectivity index (χ0) is 10.4. The van der Waals surface area contributed by atoms with Gasteiger partial charge < -0.3 is 9.64 Å². The Morgan fingerprint density at radius 3 is 2.64 bits per heavy atom. The molecule has 0 aliphatic rings. The minimum atomic E-state index is 0.605. The lowest BCUT2D eigenvalue weighted by molar-refractivity contribution is -0.107. The molecule has 0 bridgehead atoms. The number of amides is 1. The molecule has 0 saturated heterocycles. The number of rotatable bonds is 5. The molecule has 14 heavy (non-hydrogen) atoms. The standard InChI is InChI=1S/C11H15NO2/c1-3-12(9-13)10-7-5-6-8-11(10)14-4-2/h5-9H,3-4H2,1-2H3. The van der Waals surface area contributed by atoms with E-state index in [9.17, 15) is 4.79 Å². The second-order valence-electron chi connectivity index (χ2n) is 2.79. The number of carbonyl (C=O) groups excluding carboxylic acids is 1. The Labute approximate surface area is 84.3 Å². The zero-order valence-electron chi connectivity index (χ0n) is 8.56. The van der Waals surface area contributed by atoms with Gasteiger partial charge in [-0.1, -0.05) is 12.1 Å². The van der Waals surface area contributed by atoms with Gasteiger partial charge in [-0.05, 0) is 26.0 Å². The summed E-state index contributed by atoms with van der Waals surface area (Å²) >= 11 is 0. The summed E-state index contributed by atoms with van der Waals surface area (Å²) < 4.78 is 5.42. The van der Waals surface area contributed by atoms with Crippen LogP contribution in [0.1, 0.15) is 13.8 Å². The van der Waals surface area contributed by atoms with Gasteiger partial charge in [-0.2, -0.15) is 0 Å². The SMILES string of the molecule is CCOc1ccccc1N(C=O)CC. The van der Waals surface area contributed by atoms with Gasteiger partial charge in [-0.3, -0.25) is 4.79 Å². The van der Waals surface area contributed by atoms with Gasteiger partial charge in [0.2, 0.25) is 6.41 Å². The highest BCUT2D eigenvalue weighted by atomic mass is 16.5. The quantitative estimate of drug-likeness (QED) is 0.670. The van der Waals surface area contributed by atoms with E-state index in [-0.39, 0.29) is 0 Å². The number of hydrogen-bond acceptors (Lipinski definition) is 2. The first-order valence-corrected chi connectivity index (χ1v) is 4.77. The Morgan fingerprint density at radius 1 is 1.36 bits per heavy atom. The Bertz CT molecular complexity index is 299. The number of anilines is 1. The van der Waals surface area contributed by atoms with Crippen LogP contribution in [0.2, 0.25) is 0 Å². The van der Waals surface area contributed by atoms with Crippen LogP contribution in [0, 0.1) is 0 Å². The van der Waals surface area contributed by atoms with Crippen molar-refractivity contribution >= 4 is 12.1 Å². The lowest BCUT2D eigenvalue weighted by Crippen LogP contribution is -2.20. The molecule has 1 rings (SSSR count). The van der Waals surface area contributed by atoms with Crippen molar-refractivity contribution in [2.24, 2.45) is 0 Å². The van der Waals surface area contributed by atoms with Gasteiger partial charge in [0.1, 0.15) is 5.75 Å². The van der Waals surface area contributed by atoms with Crippen molar-refractivity contribution in [2.45, 2.75) is 13.8 Å². The Hall–Kier alpha value is -1.51. The Balaban J connectivity index is 2.98. The average Bonchev–Trinajstić information content (AvgIpc) is 2.23. The first-order valence-electron chi connectivity index (χ1n) is 4.77. The fourth-order valence-electron chi connectivity index (χ4n) is 1.27. The molecule has 1 aromatic carbocycles. The molecule has 1 amide bonds. The summed E-state index contributed by atoms with van der Waals surface area (Å²) in [4.78, 5) is 12.4. The highest BCUT2D eigenvalue weighted by molar-refractivity contribution is 5.78. The van der Waals surface area contributed by atoms with E-state index in [4.69, 9.17) is 4.74 Å². The second kappa shape index (κ2) is 5.27. The van der Waals surface area contributed by atoms with Crippen molar-refractivity contribution in [3.05, 3.63) is 24.3 Å². The predicted octanol–water partition coefficient (Wildman–Crippen LogP) is 2.07. The summed E-state index contributed by atoms with van der Waals surface area (Å²) in [5.41, 5.74) is 0.826. The molecule has 0 heterocycles. The fraction of sp³-hybridized carbons (Fsp3) is 0.364. The molecular formula is C11H15NO2. The molecule has 1 aromatic rings. The maximum atomic E-state index is 10.8. The molecule has 3 nitrogen and oxygen atoms in total. The third-order valence-electron chi connectivity index (χ3n) is 1.94. The Kier molecular flexibility index (Phi) is 3.98. The van der Waals surface area contributed by atoms with Crippen LogP contribution in [0.25, 0.3) is 0 Å². The van der Waals surface area contributed by atoms with Crippen LogP contribution in [0.15, 0.2) is 24.3 Å². The van der Waals surface area contributed by atoms with Crippen LogP contribution in [-0.2, 0) is 4.79 Å². The van der Waals surface area contributed by atoms with Crippen molar-refractivity contribution in [1.82, 2.24) is 0 Å².